The summed E-state index contributed by atoms with van der Waals surface area (Å²) in [5, 5.41) is 3.33. The quantitative estimate of drug-likeness (QED) is 0.702. The summed E-state index contributed by atoms with van der Waals surface area (Å²) >= 11 is 0. The van der Waals surface area contributed by atoms with E-state index in [4.69, 9.17) is 0 Å². The van der Waals surface area contributed by atoms with Gasteiger partial charge in [0, 0.05) is 42.1 Å². The smallest absolute Gasteiger partial charge is 0.0948 e. The summed E-state index contributed by atoms with van der Waals surface area (Å²) in [5.74, 6) is 0.692. The monoisotopic (exact) mass is 229 g/mol. The number of nitrogens with zero attached hydrogens (tertiary/aromatic N) is 2. The molecule has 0 aromatic carbocycles. The van der Waals surface area contributed by atoms with Crippen molar-refractivity contribution < 1.29 is 4.21 Å². The summed E-state index contributed by atoms with van der Waals surface area (Å²) in [7, 11) is -0.735. The van der Waals surface area contributed by atoms with Crippen molar-refractivity contribution in [3.05, 3.63) is 18.2 Å². The molecule has 0 aliphatic carbocycles. The summed E-state index contributed by atoms with van der Waals surface area (Å²) in [6.45, 7) is 4.78. The molecule has 1 aromatic heterocycles. The third-order valence-corrected chi connectivity index (χ3v) is 2.91. The van der Waals surface area contributed by atoms with E-state index in [9.17, 15) is 4.21 Å². The van der Waals surface area contributed by atoms with Gasteiger partial charge >= 0.3 is 0 Å². The molecule has 5 heteroatoms. The second kappa shape index (κ2) is 6.74. The zero-order valence-corrected chi connectivity index (χ0v) is 10.2. The first-order chi connectivity index (χ1) is 7.24. The van der Waals surface area contributed by atoms with Crippen molar-refractivity contribution in [1.82, 2.24) is 14.9 Å². The molecular weight excluding hydrogens is 210 g/mol. The Bertz CT molecular complexity index is 311. The molecule has 86 valence electrons. The Balaban J connectivity index is 2.42. The van der Waals surface area contributed by atoms with Crippen LogP contribution in [0.4, 0.5) is 0 Å². The first-order valence-electron chi connectivity index (χ1n) is 5.23. The van der Waals surface area contributed by atoms with Crippen molar-refractivity contribution in [2.24, 2.45) is 0 Å². The Morgan fingerprint density at radius 2 is 2.40 bits per heavy atom. The molecule has 1 heterocycles. The second-order valence-electron chi connectivity index (χ2n) is 3.53. The predicted molar refractivity (Wildman–Crippen MR) is 63.2 cm³/mol. The molecule has 1 rings (SSSR count). The van der Waals surface area contributed by atoms with Crippen LogP contribution in [0.15, 0.2) is 12.5 Å². The van der Waals surface area contributed by atoms with Crippen LogP contribution in [0.5, 0.6) is 0 Å². The highest BCUT2D eigenvalue weighted by Gasteiger charge is 2.01. The maximum absolute atomic E-state index is 11.0. The number of aryl methyl sites for hydroxylation is 1. The van der Waals surface area contributed by atoms with Gasteiger partial charge in [-0.05, 0) is 13.0 Å². The molecule has 0 saturated carbocycles. The van der Waals surface area contributed by atoms with Crippen molar-refractivity contribution >= 4 is 10.8 Å². The van der Waals surface area contributed by atoms with E-state index in [0.717, 1.165) is 31.7 Å². The lowest BCUT2D eigenvalue weighted by molar-refractivity contribution is 0.620. The van der Waals surface area contributed by atoms with Gasteiger partial charge in [0.1, 0.15) is 0 Å². The standard InChI is InChI=1S/C10H19N3OS/c1-3-4-11-7-10-8-12-9-13(10)5-6-15(2)14/h8-9,11H,3-7H2,1-2H3. The molecule has 0 aliphatic heterocycles. The van der Waals surface area contributed by atoms with Gasteiger partial charge in [0.25, 0.3) is 0 Å². The van der Waals surface area contributed by atoms with E-state index in [1.807, 2.05) is 6.20 Å². The fraction of sp³-hybridized carbons (Fsp3) is 0.700. The minimum absolute atomic E-state index is 0.692. The fourth-order valence-electron chi connectivity index (χ4n) is 1.32. The second-order valence-corrected chi connectivity index (χ2v) is 5.09. The minimum Gasteiger partial charge on any atom is -0.332 e. The molecule has 0 saturated heterocycles. The van der Waals surface area contributed by atoms with Crippen LogP contribution >= 0.6 is 0 Å². The van der Waals surface area contributed by atoms with Crippen molar-refractivity contribution in [2.45, 2.75) is 26.4 Å². The van der Waals surface area contributed by atoms with E-state index in [-0.39, 0.29) is 0 Å². The van der Waals surface area contributed by atoms with Crippen molar-refractivity contribution in [1.29, 1.82) is 0 Å². The van der Waals surface area contributed by atoms with Gasteiger partial charge in [-0.25, -0.2) is 4.98 Å². The Morgan fingerprint density at radius 1 is 1.60 bits per heavy atom. The van der Waals surface area contributed by atoms with Crippen molar-refractivity contribution in [3.8, 4) is 0 Å². The number of hydrogen-bond donors (Lipinski definition) is 1. The molecular formula is C10H19N3OS. The third kappa shape index (κ3) is 4.57. The number of nitrogens with one attached hydrogen (secondary N) is 1. The fourth-order valence-corrected chi connectivity index (χ4v) is 1.77. The van der Waals surface area contributed by atoms with Crippen LogP contribution < -0.4 is 5.32 Å². The molecule has 0 spiro atoms. The molecule has 0 fully saturated rings. The third-order valence-electron chi connectivity index (χ3n) is 2.15. The molecule has 1 atom stereocenters. The van der Waals surface area contributed by atoms with Gasteiger partial charge in [0.2, 0.25) is 0 Å². The van der Waals surface area contributed by atoms with Crippen molar-refractivity contribution in [2.75, 3.05) is 18.6 Å². The highest BCUT2D eigenvalue weighted by Crippen LogP contribution is 1.99. The van der Waals surface area contributed by atoms with Crippen LogP contribution in [0, 0.1) is 0 Å². The van der Waals surface area contributed by atoms with Gasteiger partial charge in [-0.15, -0.1) is 0 Å². The van der Waals surface area contributed by atoms with Gasteiger partial charge in [-0.3, -0.25) is 4.21 Å². The largest absolute Gasteiger partial charge is 0.332 e. The zero-order chi connectivity index (χ0) is 11.1. The van der Waals surface area contributed by atoms with Gasteiger partial charge in [0.15, 0.2) is 0 Å². The van der Waals surface area contributed by atoms with Gasteiger partial charge in [-0.2, -0.15) is 0 Å². The normalized spacial score (nSPS) is 12.9. The summed E-state index contributed by atoms with van der Waals surface area (Å²) < 4.78 is 13.0. The maximum Gasteiger partial charge on any atom is 0.0948 e. The first-order valence-corrected chi connectivity index (χ1v) is 6.96. The number of aromatic nitrogens is 2. The van der Waals surface area contributed by atoms with Crippen LogP contribution in [0.2, 0.25) is 0 Å². The molecule has 0 bridgehead atoms. The van der Waals surface area contributed by atoms with E-state index < -0.39 is 10.8 Å². The highest BCUT2D eigenvalue weighted by atomic mass is 32.2. The molecule has 0 aliphatic rings. The lowest BCUT2D eigenvalue weighted by atomic mass is 10.4. The predicted octanol–water partition coefficient (Wildman–Crippen LogP) is 0.761. The lowest BCUT2D eigenvalue weighted by Crippen LogP contribution is -2.17. The topological polar surface area (TPSA) is 46.9 Å². The zero-order valence-electron chi connectivity index (χ0n) is 9.40. The Morgan fingerprint density at radius 3 is 3.07 bits per heavy atom. The van der Waals surface area contributed by atoms with E-state index in [1.165, 1.54) is 0 Å². The van der Waals surface area contributed by atoms with Gasteiger partial charge in [-0.1, -0.05) is 6.92 Å². The summed E-state index contributed by atoms with van der Waals surface area (Å²) in [6.07, 6.45) is 6.52. The molecule has 0 radical (unpaired) electrons. The molecule has 1 aromatic rings. The molecule has 1 unspecified atom stereocenters. The van der Waals surface area contributed by atoms with E-state index in [0.29, 0.717) is 5.75 Å². The molecule has 15 heavy (non-hydrogen) atoms. The lowest BCUT2D eigenvalue weighted by Gasteiger charge is -2.07. The SMILES string of the molecule is CCCNCc1cncn1CCS(C)=O. The van der Waals surface area contributed by atoms with Gasteiger partial charge < -0.3 is 9.88 Å². The molecule has 0 amide bonds. The average molecular weight is 229 g/mol. The Kier molecular flexibility index (Phi) is 5.57. The van der Waals surface area contributed by atoms with Crippen LogP contribution in [0.1, 0.15) is 19.0 Å². The molecule has 1 N–H and O–H groups in total. The first kappa shape index (κ1) is 12.4. The Hall–Kier alpha value is -0.680. The molecule has 4 nitrogen and oxygen atoms in total. The average Bonchev–Trinajstić information content (AvgIpc) is 2.63. The number of rotatable bonds is 7. The van der Waals surface area contributed by atoms with E-state index in [1.54, 1.807) is 12.6 Å². The highest BCUT2D eigenvalue weighted by molar-refractivity contribution is 7.84. The van der Waals surface area contributed by atoms with E-state index in [2.05, 4.69) is 21.8 Å². The van der Waals surface area contributed by atoms with E-state index >= 15 is 0 Å². The summed E-state index contributed by atoms with van der Waals surface area (Å²) in [4.78, 5) is 4.10. The summed E-state index contributed by atoms with van der Waals surface area (Å²) in [6, 6.07) is 0. The van der Waals surface area contributed by atoms with Gasteiger partial charge in [0.05, 0.1) is 12.0 Å². The maximum atomic E-state index is 11.0. The summed E-state index contributed by atoms with van der Waals surface area (Å²) in [5.41, 5.74) is 1.16. The van der Waals surface area contributed by atoms with Crippen LogP contribution in [0.25, 0.3) is 0 Å². The van der Waals surface area contributed by atoms with Crippen molar-refractivity contribution in [3.63, 3.8) is 0 Å². The number of imidazole rings is 1. The van der Waals surface area contributed by atoms with Crippen LogP contribution in [0.3, 0.4) is 0 Å². The van der Waals surface area contributed by atoms with Crippen LogP contribution in [-0.2, 0) is 23.9 Å². The minimum atomic E-state index is -0.735. The Labute approximate surface area is 93.5 Å². The number of hydrogen-bond acceptors (Lipinski definition) is 3. The van der Waals surface area contributed by atoms with Crippen LogP contribution in [-0.4, -0.2) is 32.3 Å².